The van der Waals surface area contributed by atoms with Crippen LogP contribution in [-0.4, -0.2) is 60.6 Å². The molecule has 0 spiro atoms. The summed E-state index contributed by atoms with van der Waals surface area (Å²) >= 11 is 0. The zero-order valence-electron chi connectivity index (χ0n) is 14.6. The molecule has 1 aromatic rings. The minimum atomic E-state index is -3.33. The fourth-order valence-corrected chi connectivity index (χ4v) is 3.74. The smallest absolute Gasteiger partial charge is 0.278 e. The Hall–Kier alpha value is -0.960. The molecule has 0 amide bonds. The molecule has 1 N–H and O–H groups in total. The molecule has 0 bridgehead atoms. The van der Waals surface area contributed by atoms with Gasteiger partial charge in [0.2, 0.25) is 0 Å². The molecule has 1 aromatic heterocycles. The van der Waals surface area contributed by atoms with Gasteiger partial charge in [-0.3, -0.25) is 9.58 Å². The number of hydrogen-bond donors (Lipinski definition) is 1. The fourth-order valence-electron chi connectivity index (χ4n) is 3.10. The molecule has 1 fully saturated rings. The first-order valence-corrected chi connectivity index (χ1v) is 9.64. The van der Waals surface area contributed by atoms with E-state index in [0.29, 0.717) is 12.6 Å². The molecule has 0 saturated carbocycles. The van der Waals surface area contributed by atoms with Crippen molar-refractivity contribution in [3.63, 3.8) is 0 Å². The lowest BCUT2D eigenvalue weighted by atomic mass is 9.98. The lowest BCUT2D eigenvalue weighted by Crippen LogP contribution is -2.42. The minimum Gasteiger partial charge on any atom is -0.296 e. The van der Waals surface area contributed by atoms with Crippen molar-refractivity contribution in [1.29, 1.82) is 0 Å². The first-order valence-electron chi connectivity index (χ1n) is 8.20. The maximum atomic E-state index is 11.8. The van der Waals surface area contributed by atoms with Crippen LogP contribution in [0, 0.1) is 6.92 Å². The molecule has 2 rings (SSSR count). The van der Waals surface area contributed by atoms with Crippen molar-refractivity contribution in [2.45, 2.75) is 45.2 Å². The van der Waals surface area contributed by atoms with Crippen molar-refractivity contribution in [3.05, 3.63) is 17.5 Å². The Labute approximate surface area is 139 Å². The predicted octanol–water partition coefficient (Wildman–Crippen LogP) is 0.869. The summed E-state index contributed by atoms with van der Waals surface area (Å²) < 4.78 is 29.3. The summed E-state index contributed by atoms with van der Waals surface area (Å²) in [5.74, 6) is 0. The van der Waals surface area contributed by atoms with Gasteiger partial charge in [0.25, 0.3) is 10.2 Å². The average Bonchev–Trinajstić information content (AvgIpc) is 2.78. The minimum absolute atomic E-state index is 0.424. The molecule has 7 nitrogen and oxygen atoms in total. The average molecular weight is 343 g/mol. The van der Waals surface area contributed by atoms with E-state index in [-0.39, 0.29) is 0 Å². The Kier molecular flexibility index (Phi) is 6.19. The number of hydrogen-bond acceptors (Lipinski definition) is 4. The molecule has 0 radical (unpaired) electrons. The number of likely N-dealkylation sites (tertiary alicyclic amines) is 1. The van der Waals surface area contributed by atoms with Crippen LogP contribution < -0.4 is 4.72 Å². The van der Waals surface area contributed by atoms with Gasteiger partial charge in [0.15, 0.2) is 0 Å². The van der Waals surface area contributed by atoms with E-state index in [9.17, 15) is 8.42 Å². The first-order chi connectivity index (χ1) is 10.8. The maximum Gasteiger partial charge on any atom is 0.278 e. The number of piperidine rings is 1. The van der Waals surface area contributed by atoms with E-state index in [1.54, 1.807) is 14.1 Å². The zero-order chi connectivity index (χ0) is 17.0. The molecule has 1 aliphatic rings. The van der Waals surface area contributed by atoms with Crippen LogP contribution in [0.2, 0.25) is 0 Å². The van der Waals surface area contributed by atoms with Gasteiger partial charge in [0, 0.05) is 52.0 Å². The number of aromatic nitrogens is 2. The zero-order valence-corrected chi connectivity index (χ0v) is 15.4. The summed E-state index contributed by atoms with van der Waals surface area (Å²) in [4.78, 5) is 2.47. The van der Waals surface area contributed by atoms with Gasteiger partial charge in [0.1, 0.15) is 0 Å². The molecule has 0 aromatic carbocycles. The Balaban J connectivity index is 1.92. The van der Waals surface area contributed by atoms with Crippen molar-refractivity contribution < 1.29 is 8.42 Å². The lowest BCUT2D eigenvalue weighted by Gasteiger charge is -2.35. The Morgan fingerprint density at radius 1 is 1.39 bits per heavy atom. The van der Waals surface area contributed by atoms with Crippen LogP contribution >= 0.6 is 0 Å². The van der Waals surface area contributed by atoms with Gasteiger partial charge in [-0.25, -0.2) is 4.72 Å². The van der Waals surface area contributed by atoms with Crippen molar-refractivity contribution in [2.24, 2.45) is 7.05 Å². The van der Waals surface area contributed by atoms with Gasteiger partial charge >= 0.3 is 0 Å². The SMILES string of the molecule is Cc1nn(C)cc1CN1CCCC[C@@H]1CCNS(=O)(=O)N(C)C. The molecule has 2 heterocycles. The van der Waals surface area contributed by atoms with Crippen LogP contribution in [0.4, 0.5) is 0 Å². The van der Waals surface area contributed by atoms with Crippen molar-refractivity contribution >= 4 is 10.2 Å². The maximum absolute atomic E-state index is 11.8. The van der Waals surface area contributed by atoms with Gasteiger partial charge in [-0.05, 0) is 32.7 Å². The Morgan fingerprint density at radius 2 is 2.13 bits per heavy atom. The van der Waals surface area contributed by atoms with Gasteiger partial charge in [-0.2, -0.15) is 17.8 Å². The van der Waals surface area contributed by atoms with E-state index in [1.165, 1.54) is 22.7 Å². The predicted molar refractivity (Wildman–Crippen MR) is 91.2 cm³/mol. The summed E-state index contributed by atoms with van der Waals surface area (Å²) in [7, 11) is 1.70. The van der Waals surface area contributed by atoms with Crippen molar-refractivity contribution in [3.8, 4) is 0 Å². The van der Waals surface area contributed by atoms with Gasteiger partial charge in [-0.1, -0.05) is 6.42 Å². The summed E-state index contributed by atoms with van der Waals surface area (Å²) in [6.45, 7) is 4.48. The molecule has 1 aliphatic heterocycles. The van der Waals surface area contributed by atoms with Gasteiger partial charge < -0.3 is 0 Å². The lowest BCUT2D eigenvalue weighted by molar-refractivity contribution is 0.133. The Bertz CT molecular complexity index is 611. The van der Waals surface area contributed by atoms with E-state index in [4.69, 9.17) is 0 Å². The number of nitrogens with one attached hydrogen (secondary N) is 1. The number of aryl methyl sites for hydroxylation is 2. The Morgan fingerprint density at radius 3 is 2.74 bits per heavy atom. The monoisotopic (exact) mass is 343 g/mol. The second kappa shape index (κ2) is 7.74. The highest BCUT2D eigenvalue weighted by Crippen LogP contribution is 2.22. The summed E-state index contributed by atoms with van der Waals surface area (Å²) in [5, 5.41) is 4.41. The third kappa shape index (κ3) is 5.00. The van der Waals surface area contributed by atoms with E-state index in [1.807, 2.05) is 18.7 Å². The largest absolute Gasteiger partial charge is 0.296 e. The third-order valence-corrected chi connectivity index (χ3v) is 6.01. The molecule has 1 atom stereocenters. The number of nitrogens with zero attached hydrogens (tertiary/aromatic N) is 4. The van der Waals surface area contributed by atoms with Crippen LogP contribution in [0.25, 0.3) is 0 Å². The second-order valence-electron chi connectivity index (χ2n) is 6.50. The summed E-state index contributed by atoms with van der Waals surface area (Å²) in [6.07, 6.45) is 6.47. The quantitative estimate of drug-likeness (QED) is 0.797. The van der Waals surface area contributed by atoms with E-state index in [0.717, 1.165) is 31.6 Å². The highest BCUT2D eigenvalue weighted by molar-refractivity contribution is 7.87. The van der Waals surface area contributed by atoms with Gasteiger partial charge in [0.05, 0.1) is 5.69 Å². The van der Waals surface area contributed by atoms with Gasteiger partial charge in [-0.15, -0.1) is 0 Å². The molecule has 0 unspecified atom stereocenters. The van der Waals surface area contributed by atoms with E-state index < -0.39 is 10.2 Å². The fraction of sp³-hybridized carbons (Fsp3) is 0.800. The van der Waals surface area contributed by atoms with Crippen LogP contribution in [0.5, 0.6) is 0 Å². The molecule has 0 aliphatic carbocycles. The third-order valence-electron chi connectivity index (χ3n) is 4.48. The molecule has 1 saturated heterocycles. The first kappa shape index (κ1) is 18.4. The molecule has 132 valence electrons. The summed E-state index contributed by atoms with van der Waals surface area (Å²) in [6, 6.07) is 0.424. The highest BCUT2D eigenvalue weighted by Gasteiger charge is 2.24. The van der Waals surface area contributed by atoms with Crippen molar-refractivity contribution in [1.82, 2.24) is 23.7 Å². The normalized spacial score (nSPS) is 20.3. The highest BCUT2D eigenvalue weighted by atomic mass is 32.2. The van der Waals surface area contributed by atoms with Crippen molar-refractivity contribution in [2.75, 3.05) is 27.2 Å². The van der Waals surface area contributed by atoms with E-state index in [2.05, 4.69) is 20.9 Å². The topological polar surface area (TPSA) is 70.5 Å². The standard InChI is InChI=1S/C15H29N5O2S/c1-13-14(11-19(4)17-13)12-20-10-6-5-7-15(20)8-9-16-23(21,22)18(2)3/h11,15-16H,5-10,12H2,1-4H3/t15-/m1/s1. The van der Waals surface area contributed by atoms with Crippen LogP contribution in [0.3, 0.4) is 0 Å². The van der Waals surface area contributed by atoms with Crippen LogP contribution in [0.1, 0.15) is 36.9 Å². The number of rotatable bonds is 7. The molecular formula is C15H29N5O2S. The van der Waals surface area contributed by atoms with Crippen LogP contribution in [0.15, 0.2) is 6.20 Å². The van der Waals surface area contributed by atoms with Crippen LogP contribution in [-0.2, 0) is 23.8 Å². The summed E-state index contributed by atoms with van der Waals surface area (Å²) in [5.41, 5.74) is 2.33. The molecular weight excluding hydrogens is 314 g/mol. The van der Waals surface area contributed by atoms with E-state index >= 15 is 0 Å². The molecule has 23 heavy (non-hydrogen) atoms. The molecule has 8 heteroatoms. The second-order valence-corrected chi connectivity index (χ2v) is 8.47.